The number of nitrogens with two attached hydrogens (primary N) is 2. The van der Waals surface area contributed by atoms with Gasteiger partial charge in [0, 0.05) is 9.75 Å². The summed E-state index contributed by atoms with van der Waals surface area (Å²) in [5.74, 6) is 0. The van der Waals surface area contributed by atoms with Crippen molar-refractivity contribution in [3.05, 3.63) is 21.9 Å². The molecule has 1 rings (SSSR count). The van der Waals surface area contributed by atoms with Crippen LogP contribution in [0.1, 0.15) is 61.1 Å². The van der Waals surface area contributed by atoms with Crippen molar-refractivity contribution in [3.8, 4) is 0 Å². The molecule has 2 nitrogen and oxygen atoms in total. The van der Waals surface area contributed by atoms with E-state index in [1.807, 2.05) is 11.3 Å². The van der Waals surface area contributed by atoms with Crippen LogP contribution in [0.4, 0.5) is 0 Å². The van der Waals surface area contributed by atoms with Gasteiger partial charge in [-0.25, -0.2) is 0 Å². The molecule has 0 radical (unpaired) electrons. The quantitative estimate of drug-likeness (QED) is 0.572. The molecule has 1 aromatic heterocycles. The van der Waals surface area contributed by atoms with E-state index in [1.54, 1.807) is 4.88 Å². The number of aryl methyl sites for hydroxylation is 2. The van der Waals surface area contributed by atoms with E-state index in [-0.39, 0.29) is 0 Å². The van der Waals surface area contributed by atoms with Crippen LogP contribution in [0.5, 0.6) is 0 Å². The third-order valence-corrected chi connectivity index (χ3v) is 4.68. The van der Waals surface area contributed by atoms with Gasteiger partial charge >= 0.3 is 0 Å². The minimum Gasteiger partial charge on any atom is -0.330 e. The zero-order valence-electron chi connectivity index (χ0n) is 12.2. The molecule has 0 aromatic carbocycles. The molecule has 0 bridgehead atoms. The molecule has 0 saturated carbocycles. The minimum atomic E-state index is 0.803. The molecule has 0 saturated heterocycles. The highest BCUT2D eigenvalue weighted by Crippen LogP contribution is 2.20. The fourth-order valence-electron chi connectivity index (χ4n) is 2.29. The van der Waals surface area contributed by atoms with E-state index in [9.17, 15) is 0 Å². The second-order valence-electron chi connectivity index (χ2n) is 5.27. The van der Waals surface area contributed by atoms with Crippen LogP contribution in [0.2, 0.25) is 0 Å². The molecular weight excluding hydrogens is 252 g/mol. The molecule has 110 valence electrons. The first kappa shape index (κ1) is 16.7. The van der Waals surface area contributed by atoms with E-state index < -0.39 is 0 Å². The molecule has 0 spiro atoms. The summed E-state index contributed by atoms with van der Waals surface area (Å²) in [4.78, 5) is 3.05. The van der Waals surface area contributed by atoms with Gasteiger partial charge < -0.3 is 11.5 Å². The number of hydrogen-bond acceptors (Lipinski definition) is 3. The number of thiophene rings is 1. The number of rotatable bonds is 12. The van der Waals surface area contributed by atoms with Crippen LogP contribution in [0.25, 0.3) is 0 Å². The van der Waals surface area contributed by atoms with Crippen LogP contribution in [-0.4, -0.2) is 13.1 Å². The molecule has 0 aliphatic rings. The van der Waals surface area contributed by atoms with E-state index in [4.69, 9.17) is 11.5 Å². The molecule has 0 fully saturated rings. The number of unbranched alkanes of at least 4 members (excludes halogenated alkanes) is 6. The minimum absolute atomic E-state index is 0.803. The lowest BCUT2D eigenvalue weighted by Crippen LogP contribution is -1.99. The lowest BCUT2D eigenvalue weighted by molar-refractivity contribution is 0.583. The van der Waals surface area contributed by atoms with Crippen molar-refractivity contribution in [3.63, 3.8) is 0 Å². The van der Waals surface area contributed by atoms with Crippen molar-refractivity contribution in [2.45, 2.75) is 64.2 Å². The van der Waals surface area contributed by atoms with Gasteiger partial charge in [-0.05, 0) is 57.3 Å². The molecule has 0 atom stereocenters. The smallest absolute Gasteiger partial charge is 0.00486 e. The Bertz CT molecular complexity index is 309. The van der Waals surface area contributed by atoms with Gasteiger partial charge in [-0.2, -0.15) is 0 Å². The summed E-state index contributed by atoms with van der Waals surface area (Å²) in [6.45, 7) is 1.66. The lowest BCUT2D eigenvalue weighted by atomic mass is 10.1. The van der Waals surface area contributed by atoms with Gasteiger partial charge in [0.2, 0.25) is 0 Å². The summed E-state index contributed by atoms with van der Waals surface area (Å²) in [5.41, 5.74) is 11.0. The van der Waals surface area contributed by atoms with Gasteiger partial charge in [0.25, 0.3) is 0 Å². The summed E-state index contributed by atoms with van der Waals surface area (Å²) in [7, 11) is 0. The second kappa shape index (κ2) is 11.4. The van der Waals surface area contributed by atoms with Gasteiger partial charge in [0.15, 0.2) is 0 Å². The highest BCUT2D eigenvalue weighted by Gasteiger charge is 2.00. The van der Waals surface area contributed by atoms with Crippen molar-refractivity contribution in [1.82, 2.24) is 0 Å². The van der Waals surface area contributed by atoms with Gasteiger partial charge in [0.1, 0.15) is 0 Å². The summed E-state index contributed by atoms with van der Waals surface area (Å²) < 4.78 is 0. The van der Waals surface area contributed by atoms with Crippen molar-refractivity contribution >= 4 is 11.3 Å². The maximum atomic E-state index is 5.54. The molecular formula is C16H30N2S. The number of hydrogen-bond donors (Lipinski definition) is 2. The maximum Gasteiger partial charge on any atom is 0.00486 e. The fraction of sp³-hybridized carbons (Fsp3) is 0.750. The van der Waals surface area contributed by atoms with Gasteiger partial charge in [-0.3, -0.25) is 0 Å². The topological polar surface area (TPSA) is 52.0 Å². The van der Waals surface area contributed by atoms with Crippen LogP contribution >= 0.6 is 11.3 Å². The fourth-order valence-corrected chi connectivity index (χ4v) is 3.40. The standard InChI is InChI=1S/C16H30N2S/c17-13-7-5-3-1-2-4-6-9-15-11-12-16(19-15)10-8-14-18/h11-12H,1-10,13-14,17-18H2. The molecule has 1 aromatic rings. The highest BCUT2D eigenvalue weighted by molar-refractivity contribution is 7.11. The van der Waals surface area contributed by atoms with E-state index in [2.05, 4.69) is 12.1 Å². The Hall–Kier alpha value is -0.380. The Kier molecular flexibility index (Phi) is 10.0. The largest absolute Gasteiger partial charge is 0.330 e. The molecule has 1 heterocycles. The average molecular weight is 282 g/mol. The van der Waals surface area contributed by atoms with Crippen molar-refractivity contribution in [2.75, 3.05) is 13.1 Å². The van der Waals surface area contributed by atoms with Crippen molar-refractivity contribution in [1.29, 1.82) is 0 Å². The Morgan fingerprint density at radius 3 is 1.68 bits per heavy atom. The lowest BCUT2D eigenvalue weighted by Gasteiger charge is -2.01. The molecule has 19 heavy (non-hydrogen) atoms. The van der Waals surface area contributed by atoms with E-state index in [1.165, 1.54) is 56.2 Å². The van der Waals surface area contributed by atoms with Crippen LogP contribution < -0.4 is 11.5 Å². The summed E-state index contributed by atoms with van der Waals surface area (Å²) in [5, 5.41) is 0. The highest BCUT2D eigenvalue weighted by atomic mass is 32.1. The van der Waals surface area contributed by atoms with E-state index >= 15 is 0 Å². The van der Waals surface area contributed by atoms with E-state index in [0.717, 1.165) is 25.9 Å². The van der Waals surface area contributed by atoms with Crippen molar-refractivity contribution in [2.24, 2.45) is 11.5 Å². The van der Waals surface area contributed by atoms with E-state index in [0.29, 0.717) is 0 Å². The Labute approximate surface area is 122 Å². The molecule has 0 unspecified atom stereocenters. The van der Waals surface area contributed by atoms with Crippen LogP contribution in [-0.2, 0) is 12.8 Å². The third kappa shape index (κ3) is 8.40. The first-order valence-electron chi connectivity index (χ1n) is 7.84. The molecule has 4 N–H and O–H groups in total. The van der Waals surface area contributed by atoms with Gasteiger partial charge in [0.05, 0.1) is 0 Å². The summed E-state index contributed by atoms with van der Waals surface area (Å²) in [6.07, 6.45) is 12.9. The van der Waals surface area contributed by atoms with Gasteiger partial charge in [-0.1, -0.05) is 32.1 Å². The zero-order chi connectivity index (χ0) is 13.8. The SMILES string of the molecule is NCCCCCCCCCc1ccc(CCCN)s1. The maximum absolute atomic E-state index is 5.54. The average Bonchev–Trinajstić information content (AvgIpc) is 2.87. The van der Waals surface area contributed by atoms with Crippen LogP contribution in [0.3, 0.4) is 0 Å². The normalized spacial score (nSPS) is 11.1. The first-order valence-corrected chi connectivity index (χ1v) is 8.66. The Morgan fingerprint density at radius 1 is 0.632 bits per heavy atom. The van der Waals surface area contributed by atoms with Crippen LogP contribution in [0.15, 0.2) is 12.1 Å². The Balaban J connectivity index is 1.98. The first-order chi connectivity index (χ1) is 9.36. The zero-order valence-corrected chi connectivity index (χ0v) is 13.0. The molecule has 3 heteroatoms. The molecule has 0 aliphatic carbocycles. The summed E-state index contributed by atoms with van der Waals surface area (Å²) >= 11 is 1.98. The predicted octanol–water partition coefficient (Wildman–Crippen LogP) is 3.87. The van der Waals surface area contributed by atoms with Crippen molar-refractivity contribution < 1.29 is 0 Å². The van der Waals surface area contributed by atoms with Gasteiger partial charge in [-0.15, -0.1) is 11.3 Å². The predicted molar refractivity (Wildman–Crippen MR) is 86.8 cm³/mol. The second-order valence-corrected chi connectivity index (χ2v) is 6.53. The molecule has 0 aliphatic heterocycles. The van der Waals surface area contributed by atoms with Crippen LogP contribution in [0, 0.1) is 0 Å². The third-order valence-electron chi connectivity index (χ3n) is 3.47. The monoisotopic (exact) mass is 282 g/mol. The molecule has 0 amide bonds. The summed E-state index contributed by atoms with van der Waals surface area (Å²) in [6, 6.07) is 4.58. The Morgan fingerprint density at radius 2 is 1.11 bits per heavy atom.